The summed E-state index contributed by atoms with van der Waals surface area (Å²) in [5, 5.41) is 4.95. The van der Waals surface area contributed by atoms with Crippen LogP contribution in [0, 0.1) is 6.92 Å². The van der Waals surface area contributed by atoms with Crippen molar-refractivity contribution in [2.24, 2.45) is 12.8 Å². The molecule has 21 heavy (non-hydrogen) atoms. The van der Waals surface area contributed by atoms with Gasteiger partial charge in [0.1, 0.15) is 11.9 Å². The zero-order chi connectivity index (χ0) is 15.6. The number of hydrogen-bond acceptors (Lipinski definition) is 3. The standard InChI is InChI=1S/C16H22ClN3O/c1-10(2)13-6-15(11(3)5-14(13)17)21-16(7-18)12-8-19-20(4)9-12/h5-6,8-10,16H,7,18H2,1-4H3. The molecular formula is C16H22ClN3O. The zero-order valence-electron chi connectivity index (χ0n) is 12.9. The van der Waals surface area contributed by atoms with Crippen LogP contribution in [0.5, 0.6) is 5.75 Å². The van der Waals surface area contributed by atoms with E-state index in [1.807, 2.05) is 32.3 Å². The highest BCUT2D eigenvalue weighted by molar-refractivity contribution is 6.31. The van der Waals surface area contributed by atoms with Crippen LogP contribution in [0.3, 0.4) is 0 Å². The summed E-state index contributed by atoms with van der Waals surface area (Å²) in [5.41, 5.74) is 8.91. The van der Waals surface area contributed by atoms with Gasteiger partial charge < -0.3 is 10.5 Å². The number of halogens is 1. The van der Waals surface area contributed by atoms with E-state index in [0.717, 1.165) is 27.5 Å². The van der Waals surface area contributed by atoms with Crippen molar-refractivity contribution in [3.63, 3.8) is 0 Å². The van der Waals surface area contributed by atoms with Crippen molar-refractivity contribution in [2.45, 2.75) is 32.8 Å². The SMILES string of the molecule is Cc1cc(Cl)c(C(C)C)cc1OC(CN)c1cnn(C)c1. The first-order valence-electron chi connectivity index (χ1n) is 7.07. The van der Waals surface area contributed by atoms with E-state index in [4.69, 9.17) is 22.1 Å². The van der Waals surface area contributed by atoms with Crippen LogP contribution in [0.25, 0.3) is 0 Å². The van der Waals surface area contributed by atoms with E-state index in [1.165, 1.54) is 0 Å². The lowest BCUT2D eigenvalue weighted by molar-refractivity contribution is 0.212. The van der Waals surface area contributed by atoms with Gasteiger partial charge in [0.15, 0.2) is 0 Å². The second-order valence-electron chi connectivity index (χ2n) is 5.58. The van der Waals surface area contributed by atoms with Gasteiger partial charge in [-0.3, -0.25) is 4.68 Å². The molecule has 1 unspecified atom stereocenters. The van der Waals surface area contributed by atoms with Gasteiger partial charge in [-0.25, -0.2) is 0 Å². The number of aromatic nitrogens is 2. The fourth-order valence-electron chi connectivity index (χ4n) is 2.25. The summed E-state index contributed by atoms with van der Waals surface area (Å²) < 4.78 is 7.85. The molecule has 0 amide bonds. The Labute approximate surface area is 130 Å². The summed E-state index contributed by atoms with van der Waals surface area (Å²) in [6.07, 6.45) is 3.50. The minimum atomic E-state index is -0.210. The Bertz CT molecular complexity index is 622. The van der Waals surface area contributed by atoms with E-state index in [2.05, 4.69) is 18.9 Å². The Balaban J connectivity index is 2.31. The summed E-state index contributed by atoms with van der Waals surface area (Å²) >= 11 is 6.29. The van der Waals surface area contributed by atoms with E-state index >= 15 is 0 Å². The fourth-order valence-corrected chi connectivity index (χ4v) is 2.69. The number of nitrogens with two attached hydrogens (primary N) is 1. The molecular weight excluding hydrogens is 286 g/mol. The van der Waals surface area contributed by atoms with Gasteiger partial charge in [-0.15, -0.1) is 0 Å². The predicted molar refractivity (Wildman–Crippen MR) is 85.9 cm³/mol. The third-order valence-electron chi connectivity index (χ3n) is 3.50. The van der Waals surface area contributed by atoms with Crippen LogP contribution in [0.15, 0.2) is 24.5 Å². The molecule has 1 aromatic carbocycles. The minimum absolute atomic E-state index is 0.210. The molecule has 4 nitrogen and oxygen atoms in total. The van der Waals surface area contributed by atoms with Crippen molar-refractivity contribution in [3.05, 3.63) is 46.2 Å². The van der Waals surface area contributed by atoms with Crippen LogP contribution >= 0.6 is 11.6 Å². The first-order chi connectivity index (χ1) is 9.92. The summed E-state index contributed by atoms with van der Waals surface area (Å²) in [6, 6.07) is 3.96. The van der Waals surface area contributed by atoms with E-state index in [9.17, 15) is 0 Å². The third kappa shape index (κ3) is 3.57. The summed E-state index contributed by atoms with van der Waals surface area (Å²) in [7, 11) is 1.88. The van der Waals surface area contributed by atoms with Gasteiger partial charge in [-0.2, -0.15) is 5.10 Å². The average molecular weight is 308 g/mol. The number of nitrogens with zero attached hydrogens (tertiary/aromatic N) is 2. The predicted octanol–water partition coefficient (Wildman–Crippen LogP) is 3.58. The zero-order valence-corrected chi connectivity index (χ0v) is 13.7. The topological polar surface area (TPSA) is 53.1 Å². The van der Waals surface area contributed by atoms with Crippen molar-refractivity contribution < 1.29 is 4.74 Å². The van der Waals surface area contributed by atoms with E-state index in [1.54, 1.807) is 10.9 Å². The van der Waals surface area contributed by atoms with Crippen molar-refractivity contribution in [2.75, 3.05) is 6.54 Å². The molecule has 0 bridgehead atoms. The summed E-state index contributed by atoms with van der Waals surface area (Å²) in [6.45, 7) is 6.61. The molecule has 2 rings (SSSR count). The second-order valence-corrected chi connectivity index (χ2v) is 5.99. The number of rotatable bonds is 5. The third-order valence-corrected chi connectivity index (χ3v) is 3.82. The first-order valence-corrected chi connectivity index (χ1v) is 7.45. The summed E-state index contributed by atoms with van der Waals surface area (Å²) in [5.74, 6) is 1.16. The molecule has 0 aliphatic rings. The van der Waals surface area contributed by atoms with Gasteiger partial charge in [0.05, 0.1) is 6.20 Å². The van der Waals surface area contributed by atoms with Crippen molar-refractivity contribution in [3.8, 4) is 5.75 Å². The van der Waals surface area contributed by atoms with E-state index in [0.29, 0.717) is 12.5 Å². The van der Waals surface area contributed by atoms with Crippen LogP contribution in [-0.2, 0) is 7.05 Å². The lowest BCUT2D eigenvalue weighted by atomic mass is 10.0. The molecule has 0 radical (unpaired) electrons. The molecule has 5 heteroatoms. The van der Waals surface area contributed by atoms with Gasteiger partial charge >= 0.3 is 0 Å². The van der Waals surface area contributed by atoms with Crippen LogP contribution in [0.1, 0.15) is 42.6 Å². The average Bonchev–Trinajstić information content (AvgIpc) is 2.84. The first kappa shape index (κ1) is 15.9. The Morgan fingerprint density at radius 3 is 2.62 bits per heavy atom. The molecule has 0 saturated heterocycles. The molecule has 0 aliphatic heterocycles. The smallest absolute Gasteiger partial charge is 0.139 e. The highest BCUT2D eigenvalue weighted by Crippen LogP contribution is 2.33. The monoisotopic (exact) mass is 307 g/mol. The maximum absolute atomic E-state index is 6.29. The molecule has 2 N–H and O–H groups in total. The van der Waals surface area contributed by atoms with E-state index in [-0.39, 0.29) is 6.10 Å². The minimum Gasteiger partial charge on any atom is -0.484 e. The van der Waals surface area contributed by atoms with Crippen LogP contribution in [-0.4, -0.2) is 16.3 Å². The van der Waals surface area contributed by atoms with Crippen LogP contribution < -0.4 is 10.5 Å². The molecule has 2 aromatic rings. The van der Waals surface area contributed by atoms with Crippen molar-refractivity contribution in [1.82, 2.24) is 9.78 Å². The Kier molecular flexibility index (Phi) is 4.91. The number of ether oxygens (including phenoxy) is 1. The van der Waals surface area contributed by atoms with Gasteiger partial charge in [0.25, 0.3) is 0 Å². The van der Waals surface area contributed by atoms with Crippen LogP contribution in [0.4, 0.5) is 0 Å². The highest BCUT2D eigenvalue weighted by atomic mass is 35.5. The van der Waals surface area contributed by atoms with Crippen molar-refractivity contribution in [1.29, 1.82) is 0 Å². The quantitative estimate of drug-likeness (QED) is 0.918. The molecule has 114 valence electrons. The number of hydrogen-bond donors (Lipinski definition) is 1. The molecule has 0 spiro atoms. The highest BCUT2D eigenvalue weighted by Gasteiger charge is 2.17. The Hall–Kier alpha value is -1.52. The van der Waals surface area contributed by atoms with Gasteiger partial charge in [0, 0.05) is 30.4 Å². The molecule has 0 fully saturated rings. The maximum Gasteiger partial charge on any atom is 0.139 e. The van der Waals surface area contributed by atoms with Crippen molar-refractivity contribution >= 4 is 11.6 Å². The molecule has 1 heterocycles. The van der Waals surface area contributed by atoms with E-state index < -0.39 is 0 Å². The molecule has 1 atom stereocenters. The fraction of sp³-hybridized carbons (Fsp3) is 0.438. The lowest BCUT2D eigenvalue weighted by Crippen LogP contribution is -2.18. The second kappa shape index (κ2) is 6.50. The van der Waals surface area contributed by atoms with Gasteiger partial charge in [-0.05, 0) is 36.1 Å². The Morgan fingerprint density at radius 2 is 2.10 bits per heavy atom. The molecule has 0 aliphatic carbocycles. The molecule has 1 aromatic heterocycles. The Morgan fingerprint density at radius 1 is 1.38 bits per heavy atom. The maximum atomic E-state index is 6.29. The van der Waals surface area contributed by atoms with Gasteiger partial charge in [-0.1, -0.05) is 25.4 Å². The largest absolute Gasteiger partial charge is 0.484 e. The van der Waals surface area contributed by atoms with Crippen LogP contribution in [0.2, 0.25) is 5.02 Å². The number of aryl methyl sites for hydroxylation is 2. The number of benzene rings is 1. The summed E-state index contributed by atoms with van der Waals surface area (Å²) in [4.78, 5) is 0. The molecule has 0 saturated carbocycles. The normalized spacial score (nSPS) is 12.7. The lowest BCUT2D eigenvalue weighted by Gasteiger charge is -2.20. The van der Waals surface area contributed by atoms with Gasteiger partial charge in [0.2, 0.25) is 0 Å².